The van der Waals surface area contributed by atoms with E-state index in [1.807, 2.05) is 20.8 Å². The maximum Gasteiger partial charge on any atom is 0.358 e. The second kappa shape index (κ2) is 5.11. The van der Waals surface area contributed by atoms with Crippen LogP contribution in [0.15, 0.2) is 10.9 Å². The van der Waals surface area contributed by atoms with Gasteiger partial charge < -0.3 is 4.52 Å². The topological polar surface area (TPSA) is 35.5 Å². The molecule has 1 unspecified atom stereocenters. The van der Waals surface area contributed by atoms with Crippen molar-refractivity contribution in [1.82, 2.24) is 0 Å². The van der Waals surface area contributed by atoms with Gasteiger partial charge in [-0.05, 0) is 57.9 Å². The molecule has 0 amide bonds. The quantitative estimate of drug-likeness (QED) is 0.646. The number of hydrogen-bond acceptors (Lipinski definition) is 3. The Bertz CT molecular complexity index is 394. The van der Waals surface area contributed by atoms with Gasteiger partial charge in [-0.1, -0.05) is 13.3 Å². The van der Waals surface area contributed by atoms with Crippen molar-refractivity contribution in [3.63, 3.8) is 0 Å². The lowest BCUT2D eigenvalue weighted by Gasteiger charge is -2.22. The molecule has 1 heterocycles. The third-order valence-electron chi connectivity index (χ3n) is 3.69. The van der Waals surface area contributed by atoms with E-state index in [-0.39, 0.29) is 0 Å². The summed E-state index contributed by atoms with van der Waals surface area (Å²) in [5, 5.41) is 0.999. The van der Waals surface area contributed by atoms with Crippen molar-refractivity contribution < 1.29 is 13.6 Å². The SMILES string of the molecule is CCCCC1=C(C2CC2)C(C)(C)OP1(=O)OCC. The van der Waals surface area contributed by atoms with Crippen LogP contribution in [0.1, 0.15) is 59.8 Å². The van der Waals surface area contributed by atoms with E-state index in [1.54, 1.807) is 0 Å². The van der Waals surface area contributed by atoms with Crippen molar-refractivity contribution in [1.29, 1.82) is 0 Å². The molecule has 104 valence electrons. The van der Waals surface area contributed by atoms with Crippen LogP contribution in [0, 0.1) is 5.92 Å². The van der Waals surface area contributed by atoms with E-state index in [0.29, 0.717) is 12.5 Å². The third kappa shape index (κ3) is 2.59. The van der Waals surface area contributed by atoms with Crippen LogP contribution in [0.3, 0.4) is 0 Å². The van der Waals surface area contributed by atoms with Crippen LogP contribution in [-0.2, 0) is 13.6 Å². The summed E-state index contributed by atoms with van der Waals surface area (Å²) < 4.78 is 24.3. The van der Waals surface area contributed by atoms with Gasteiger partial charge in [0.2, 0.25) is 0 Å². The zero-order valence-electron chi connectivity index (χ0n) is 12.0. The first kappa shape index (κ1) is 14.3. The fourth-order valence-corrected chi connectivity index (χ4v) is 5.43. The van der Waals surface area contributed by atoms with Gasteiger partial charge in [-0.15, -0.1) is 0 Å². The van der Waals surface area contributed by atoms with Crippen molar-refractivity contribution in [3.05, 3.63) is 10.9 Å². The van der Waals surface area contributed by atoms with E-state index in [0.717, 1.165) is 24.6 Å². The van der Waals surface area contributed by atoms with Crippen molar-refractivity contribution in [2.45, 2.75) is 65.4 Å². The van der Waals surface area contributed by atoms with E-state index >= 15 is 0 Å². The molecule has 2 rings (SSSR count). The first-order valence-corrected chi connectivity index (χ1v) is 8.68. The molecule has 4 heteroatoms. The van der Waals surface area contributed by atoms with E-state index in [9.17, 15) is 4.57 Å². The van der Waals surface area contributed by atoms with Gasteiger partial charge >= 0.3 is 7.60 Å². The number of hydrogen-bond donors (Lipinski definition) is 0. The molecular formula is C14H25O3P. The summed E-state index contributed by atoms with van der Waals surface area (Å²) in [6.07, 6.45) is 5.45. The minimum absolute atomic E-state index is 0.408. The monoisotopic (exact) mass is 272 g/mol. The zero-order chi connectivity index (χ0) is 13.4. The lowest BCUT2D eigenvalue weighted by molar-refractivity contribution is 0.124. The van der Waals surface area contributed by atoms with E-state index in [1.165, 1.54) is 18.4 Å². The van der Waals surface area contributed by atoms with Gasteiger partial charge in [0.05, 0.1) is 12.2 Å². The fourth-order valence-electron chi connectivity index (χ4n) is 2.89. The molecule has 0 N–H and O–H groups in total. The first-order chi connectivity index (χ1) is 8.44. The minimum Gasteiger partial charge on any atom is -0.306 e. The summed E-state index contributed by atoms with van der Waals surface area (Å²) >= 11 is 0. The second-order valence-electron chi connectivity index (χ2n) is 5.76. The van der Waals surface area contributed by atoms with Gasteiger partial charge in [0, 0.05) is 5.31 Å². The highest BCUT2D eigenvalue weighted by atomic mass is 31.2. The maximum absolute atomic E-state index is 12.9. The Balaban J connectivity index is 2.36. The first-order valence-electron chi connectivity index (χ1n) is 7.14. The van der Waals surface area contributed by atoms with Gasteiger partial charge in [0.15, 0.2) is 0 Å². The average Bonchev–Trinajstić information content (AvgIpc) is 3.03. The van der Waals surface area contributed by atoms with Gasteiger partial charge in [0.1, 0.15) is 0 Å². The molecule has 0 spiro atoms. The van der Waals surface area contributed by atoms with Crippen LogP contribution in [0.4, 0.5) is 0 Å². The van der Waals surface area contributed by atoms with Crippen LogP contribution in [0.2, 0.25) is 0 Å². The Labute approximate surface area is 110 Å². The van der Waals surface area contributed by atoms with Gasteiger partial charge in [0.25, 0.3) is 0 Å². The number of allylic oxidation sites excluding steroid dienone is 1. The lowest BCUT2D eigenvalue weighted by atomic mass is 9.92. The molecule has 0 saturated heterocycles. The Morgan fingerprint density at radius 3 is 2.56 bits per heavy atom. The van der Waals surface area contributed by atoms with Crippen molar-refractivity contribution >= 4 is 7.60 Å². The summed E-state index contributed by atoms with van der Waals surface area (Å²) in [6, 6.07) is 0. The van der Waals surface area contributed by atoms with Crippen LogP contribution in [0.25, 0.3) is 0 Å². The number of unbranched alkanes of at least 4 members (excludes halogenated alkanes) is 1. The molecule has 3 nitrogen and oxygen atoms in total. The predicted molar refractivity (Wildman–Crippen MR) is 73.7 cm³/mol. The Morgan fingerprint density at radius 1 is 1.39 bits per heavy atom. The maximum atomic E-state index is 12.9. The van der Waals surface area contributed by atoms with E-state index in [4.69, 9.17) is 9.05 Å². The smallest absolute Gasteiger partial charge is 0.306 e. The molecule has 1 saturated carbocycles. The van der Waals surface area contributed by atoms with Crippen LogP contribution < -0.4 is 0 Å². The summed E-state index contributed by atoms with van der Waals surface area (Å²) in [7, 11) is -3.02. The Morgan fingerprint density at radius 2 is 2.06 bits per heavy atom. The van der Waals surface area contributed by atoms with Crippen molar-refractivity contribution in [3.8, 4) is 0 Å². The molecule has 2 aliphatic rings. The summed E-state index contributed by atoms with van der Waals surface area (Å²) in [4.78, 5) is 0. The summed E-state index contributed by atoms with van der Waals surface area (Å²) in [5.41, 5.74) is 0.877. The van der Waals surface area contributed by atoms with E-state index < -0.39 is 13.2 Å². The molecule has 0 aromatic heterocycles. The standard InChI is InChI=1S/C14H25O3P/c1-5-7-8-12-13(11-9-10-11)14(3,4)17-18(12,15)16-6-2/h11H,5-10H2,1-4H3. The molecule has 0 aromatic carbocycles. The van der Waals surface area contributed by atoms with Gasteiger partial charge in [-0.3, -0.25) is 9.09 Å². The highest BCUT2D eigenvalue weighted by molar-refractivity contribution is 7.58. The zero-order valence-corrected chi connectivity index (χ0v) is 12.9. The molecule has 0 radical (unpaired) electrons. The molecule has 0 aromatic rings. The second-order valence-corrected chi connectivity index (χ2v) is 7.73. The normalized spacial score (nSPS) is 31.1. The van der Waals surface area contributed by atoms with Crippen LogP contribution in [-0.4, -0.2) is 12.2 Å². The molecule has 1 atom stereocenters. The molecule has 1 fully saturated rings. The predicted octanol–water partition coefficient (Wildman–Crippen LogP) is 4.88. The highest BCUT2D eigenvalue weighted by Gasteiger charge is 2.52. The molecule has 1 aliphatic heterocycles. The highest BCUT2D eigenvalue weighted by Crippen LogP contribution is 2.70. The summed E-state index contributed by atoms with van der Waals surface area (Å²) in [6.45, 7) is 8.55. The molecule has 1 aliphatic carbocycles. The van der Waals surface area contributed by atoms with Gasteiger partial charge in [-0.25, -0.2) is 0 Å². The van der Waals surface area contributed by atoms with Crippen LogP contribution in [0.5, 0.6) is 0 Å². The van der Waals surface area contributed by atoms with E-state index in [2.05, 4.69) is 6.92 Å². The molecule has 0 bridgehead atoms. The fraction of sp³-hybridized carbons (Fsp3) is 0.857. The van der Waals surface area contributed by atoms with Gasteiger partial charge in [-0.2, -0.15) is 0 Å². The Hall–Kier alpha value is -0.110. The lowest BCUT2D eigenvalue weighted by Crippen LogP contribution is -2.22. The molecule has 18 heavy (non-hydrogen) atoms. The molecular weight excluding hydrogens is 247 g/mol. The largest absolute Gasteiger partial charge is 0.358 e. The third-order valence-corrected chi connectivity index (χ3v) is 6.11. The minimum atomic E-state index is -3.02. The number of rotatable bonds is 6. The van der Waals surface area contributed by atoms with Crippen molar-refractivity contribution in [2.24, 2.45) is 5.92 Å². The van der Waals surface area contributed by atoms with Crippen LogP contribution >= 0.6 is 7.60 Å². The summed E-state index contributed by atoms with van der Waals surface area (Å²) in [5.74, 6) is 0.586. The average molecular weight is 272 g/mol. The van der Waals surface area contributed by atoms with Crippen molar-refractivity contribution in [2.75, 3.05) is 6.61 Å². The Kier molecular flexibility index (Phi) is 4.06.